The molecule has 1 aromatic heterocycles. The van der Waals surface area contributed by atoms with E-state index < -0.39 is 0 Å². The molecule has 0 N–H and O–H groups in total. The Morgan fingerprint density at radius 1 is 1.20 bits per heavy atom. The van der Waals surface area contributed by atoms with Gasteiger partial charge >= 0.3 is 0 Å². The lowest BCUT2D eigenvalue weighted by Gasteiger charge is -2.18. The molecule has 112 valence electrons. The van der Waals surface area contributed by atoms with E-state index in [1.807, 2.05) is 0 Å². The molecule has 2 nitrogen and oxygen atoms in total. The summed E-state index contributed by atoms with van der Waals surface area (Å²) in [6.45, 7) is 4.70. The molecule has 2 heteroatoms. The number of pyridine rings is 1. The van der Waals surface area contributed by atoms with E-state index in [1.165, 1.54) is 70.0 Å². The molecule has 0 saturated carbocycles. The van der Waals surface area contributed by atoms with Gasteiger partial charge in [-0.3, -0.25) is 4.90 Å². The van der Waals surface area contributed by atoms with E-state index in [0.717, 1.165) is 0 Å². The van der Waals surface area contributed by atoms with Crippen LogP contribution in [-0.4, -0.2) is 18.5 Å². The number of nitrogens with zero attached hydrogens (tertiary/aromatic N) is 2. The molecule has 1 aromatic rings. The maximum Gasteiger partial charge on any atom is 0.173 e. The minimum absolute atomic E-state index is 0.645. The fraction of sp³-hybridized carbons (Fsp3) is 0.722. The molecule has 0 unspecified atom stereocenters. The van der Waals surface area contributed by atoms with E-state index in [9.17, 15) is 0 Å². The van der Waals surface area contributed by atoms with Crippen LogP contribution in [0.15, 0.2) is 24.5 Å². The molecule has 0 bridgehead atoms. The summed E-state index contributed by atoms with van der Waals surface area (Å²) in [6.07, 6.45) is 15.5. The van der Waals surface area contributed by atoms with Crippen LogP contribution in [0.3, 0.4) is 0 Å². The highest BCUT2D eigenvalue weighted by atomic mass is 15.1. The van der Waals surface area contributed by atoms with Gasteiger partial charge in [0.15, 0.2) is 12.4 Å². The maximum absolute atomic E-state index is 2.49. The first-order valence-electron chi connectivity index (χ1n) is 8.50. The Morgan fingerprint density at radius 2 is 2.00 bits per heavy atom. The molecular formula is C18H31N2+. The summed E-state index contributed by atoms with van der Waals surface area (Å²) in [5.41, 5.74) is 1.50. The number of hydrogen-bond acceptors (Lipinski definition) is 1. The second kappa shape index (κ2) is 8.41. The molecule has 1 fully saturated rings. The molecule has 20 heavy (non-hydrogen) atoms. The highest BCUT2D eigenvalue weighted by Gasteiger charge is 2.24. The Balaban J connectivity index is 1.78. The molecule has 0 aromatic carbocycles. The van der Waals surface area contributed by atoms with Gasteiger partial charge in [-0.05, 0) is 38.9 Å². The quantitative estimate of drug-likeness (QED) is 0.512. The summed E-state index contributed by atoms with van der Waals surface area (Å²) in [5, 5.41) is 0. The minimum Gasteiger partial charge on any atom is -0.299 e. The average molecular weight is 275 g/mol. The number of aryl methyl sites for hydroxylation is 1. The van der Waals surface area contributed by atoms with Crippen molar-refractivity contribution in [2.45, 2.75) is 70.9 Å². The fourth-order valence-electron chi connectivity index (χ4n) is 3.28. The van der Waals surface area contributed by atoms with E-state index in [0.29, 0.717) is 6.04 Å². The first kappa shape index (κ1) is 15.5. The highest BCUT2D eigenvalue weighted by molar-refractivity contribution is 5.12. The summed E-state index contributed by atoms with van der Waals surface area (Å²) >= 11 is 0. The zero-order valence-electron chi connectivity index (χ0n) is 13.4. The second-order valence-electron chi connectivity index (χ2n) is 6.28. The van der Waals surface area contributed by atoms with Gasteiger partial charge in [0.2, 0.25) is 0 Å². The predicted octanol–water partition coefficient (Wildman–Crippen LogP) is 4.10. The normalized spacial score (nSPS) is 19.6. The van der Waals surface area contributed by atoms with Crippen molar-refractivity contribution < 1.29 is 4.57 Å². The minimum atomic E-state index is 0.645. The van der Waals surface area contributed by atoms with Gasteiger partial charge in [0.05, 0.1) is 0 Å². The van der Waals surface area contributed by atoms with Crippen LogP contribution in [0.5, 0.6) is 0 Å². The number of likely N-dealkylation sites (tertiary alicyclic amines) is 1. The van der Waals surface area contributed by atoms with Crippen molar-refractivity contribution in [3.63, 3.8) is 0 Å². The van der Waals surface area contributed by atoms with Crippen molar-refractivity contribution in [1.29, 1.82) is 0 Å². The first-order valence-corrected chi connectivity index (χ1v) is 8.50. The van der Waals surface area contributed by atoms with Gasteiger partial charge in [-0.2, -0.15) is 0 Å². The van der Waals surface area contributed by atoms with Crippen LogP contribution in [-0.2, 0) is 6.54 Å². The summed E-state index contributed by atoms with van der Waals surface area (Å²) in [7, 11) is 2.25. The van der Waals surface area contributed by atoms with Gasteiger partial charge in [-0.15, -0.1) is 0 Å². The summed E-state index contributed by atoms with van der Waals surface area (Å²) < 4.78 is 2.39. The lowest BCUT2D eigenvalue weighted by Crippen LogP contribution is -2.34. The molecule has 1 atom stereocenters. The maximum atomic E-state index is 2.49. The van der Waals surface area contributed by atoms with Gasteiger partial charge in [0.25, 0.3) is 0 Å². The third-order valence-corrected chi connectivity index (χ3v) is 4.56. The molecule has 0 amide bonds. The lowest BCUT2D eigenvalue weighted by atomic mass is 10.1. The third-order valence-electron chi connectivity index (χ3n) is 4.56. The van der Waals surface area contributed by atoms with Crippen LogP contribution in [0.2, 0.25) is 0 Å². The zero-order chi connectivity index (χ0) is 14.2. The predicted molar refractivity (Wildman–Crippen MR) is 84.6 cm³/mol. The molecule has 2 rings (SSSR count). The Labute approximate surface area is 124 Å². The van der Waals surface area contributed by atoms with Crippen molar-refractivity contribution in [3.8, 4) is 0 Å². The van der Waals surface area contributed by atoms with Crippen LogP contribution in [0.4, 0.5) is 0 Å². The van der Waals surface area contributed by atoms with E-state index in [1.54, 1.807) is 0 Å². The summed E-state index contributed by atoms with van der Waals surface area (Å²) in [6, 6.07) is 5.16. The van der Waals surface area contributed by atoms with Crippen molar-refractivity contribution in [2.24, 2.45) is 0 Å². The zero-order valence-corrected chi connectivity index (χ0v) is 13.4. The van der Waals surface area contributed by atoms with Gasteiger partial charge < -0.3 is 0 Å². The number of hydrogen-bond donors (Lipinski definition) is 0. The van der Waals surface area contributed by atoms with Crippen LogP contribution in [0, 0.1) is 0 Å². The van der Waals surface area contributed by atoms with Crippen LogP contribution in [0.1, 0.15) is 69.9 Å². The van der Waals surface area contributed by atoms with E-state index in [4.69, 9.17) is 0 Å². The second-order valence-corrected chi connectivity index (χ2v) is 6.28. The lowest BCUT2D eigenvalue weighted by molar-refractivity contribution is -0.697. The van der Waals surface area contributed by atoms with Crippen molar-refractivity contribution in [2.75, 3.05) is 13.6 Å². The van der Waals surface area contributed by atoms with E-state index >= 15 is 0 Å². The first-order chi connectivity index (χ1) is 9.81. The van der Waals surface area contributed by atoms with Gasteiger partial charge in [-0.25, -0.2) is 4.57 Å². The molecule has 1 aliphatic heterocycles. The molecule has 0 radical (unpaired) electrons. The van der Waals surface area contributed by atoms with Crippen LogP contribution in [0.25, 0.3) is 0 Å². The SMILES string of the molecule is CCCCCCCC[n+]1cccc([C@H]2CCCN2C)c1. The Kier molecular flexibility index (Phi) is 6.52. The number of unbranched alkanes of at least 4 members (excludes halogenated alkanes) is 5. The molecule has 0 aliphatic carbocycles. The fourth-order valence-corrected chi connectivity index (χ4v) is 3.28. The molecule has 1 saturated heterocycles. The van der Waals surface area contributed by atoms with E-state index in [2.05, 4.69) is 48.0 Å². The molecule has 0 spiro atoms. The van der Waals surface area contributed by atoms with Crippen molar-refractivity contribution in [3.05, 3.63) is 30.1 Å². The smallest absolute Gasteiger partial charge is 0.173 e. The molecule has 1 aliphatic rings. The number of rotatable bonds is 8. The van der Waals surface area contributed by atoms with Crippen LogP contribution < -0.4 is 4.57 Å². The van der Waals surface area contributed by atoms with Crippen LogP contribution >= 0.6 is 0 Å². The standard InChI is InChI=1S/C18H31N2/c1-3-4-5-6-7-8-14-20-15-9-11-17(16-20)18-12-10-13-19(18)2/h9,11,15-16,18H,3-8,10,12-14H2,1-2H3/q+1/t18-/m1/s1. The Hall–Kier alpha value is -0.890. The molecular weight excluding hydrogens is 244 g/mol. The van der Waals surface area contributed by atoms with Gasteiger partial charge in [-0.1, -0.05) is 32.6 Å². The molecule has 2 heterocycles. The van der Waals surface area contributed by atoms with Crippen molar-refractivity contribution in [1.82, 2.24) is 4.90 Å². The Morgan fingerprint density at radius 3 is 2.75 bits per heavy atom. The monoisotopic (exact) mass is 275 g/mol. The average Bonchev–Trinajstić information content (AvgIpc) is 2.89. The highest BCUT2D eigenvalue weighted by Crippen LogP contribution is 2.29. The van der Waals surface area contributed by atoms with Crippen molar-refractivity contribution >= 4 is 0 Å². The third kappa shape index (κ3) is 4.59. The van der Waals surface area contributed by atoms with E-state index in [-0.39, 0.29) is 0 Å². The largest absolute Gasteiger partial charge is 0.299 e. The summed E-state index contributed by atoms with van der Waals surface area (Å²) in [5.74, 6) is 0. The Bertz CT molecular complexity index is 389. The summed E-state index contributed by atoms with van der Waals surface area (Å²) in [4.78, 5) is 2.49. The van der Waals surface area contributed by atoms with Gasteiger partial charge in [0, 0.05) is 24.1 Å². The number of aromatic nitrogens is 1. The van der Waals surface area contributed by atoms with Gasteiger partial charge in [0.1, 0.15) is 6.54 Å². The topological polar surface area (TPSA) is 7.12 Å².